The number of halogens is 1. The number of nitrogens with one attached hydrogen (secondary N) is 2. The molecule has 0 saturated carbocycles. The highest BCUT2D eigenvalue weighted by Gasteiger charge is 2.21. The molecule has 2 N–H and O–H groups in total. The van der Waals surface area contributed by atoms with E-state index in [1.54, 1.807) is 30.9 Å². The molecule has 2 amide bonds. The highest BCUT2D eigenvalue weighted by molar-refractivity contribution is 9.10. The average molecular weight is 418 g/mol. The van der Waals surface area contributed by atoms with Gasteiger partial charge in [-0.05, 0) is 47.3 Å². The zero-order chi connectivity index (χ0) is 17.9. The molecule has 1 atom stereocenters. The summed E-state index contributed by atoms with van der Waals surface area (Å²) >= 11 is 4.79. The van der Waals surface area contributed by atoms with Gasteiger partial charge in [0.15, 0.2) is 0 Å². The van der Waals surface area contributed by atoms with Crippen molar-refractivity contribution in [1.29, 1.82) is 0 Å². The highest BCUT2D eigenvalue weighted by Crippen LogP contribution is 2.09. The van der Waals surface area contributed by atoms with E-state index in [9.17, 15) is 14.4 Å². The minimum absolute atomic E-state index is 0.236. The second kappa shape index (κ2) is 11.0. The predicted octanol–water partition coefficient (Wildman–Crippen LogP) is 1.37. The third kappa shape index (κ3) is 7.31. The topological polar surface area (TPSA) is 97.4 Å². The fourth-order valence-corrected chi connectivity index (χ4v) is 2.61. The van der Waals surface area contributed by atoms with Crippen molar-refractivity contribution in [2.24, 2.45) is 0 Å². The lowest BCUT2D eigenvalue weighted by Gasteiger charge is -2.17. The van der Waals surface area contributed by atoms with Crippen LogP contribution in [0, 0.1) is 0 Å². The number of pyridine rings is 1. The lowest BCUT2D eigenvalue weighted by molar-refractivity contribution is -0.147. The van der Waals surface area contributed by atoms with Gasteiger partial charge in [0, 0.05) is 16.9 Å². The number of hydrogen-bond donors (Lipinski definition) is 2. The van der Waals surface area contributed by atoms with Crippen molar-refractivity contribution >= 4 is 45.5 Å². The third-order valence-corrected chi connectivity index (χ3v) is 3.97. The fraction of sp³-hybridized carbons (Fsp3) is 0.467. The van der Waals surface area contributed by atoms with Crippen molar-refractivity contribution in [1.82, 2.24) is 15.6 Å². The summed E-state index contributed by atoms with van der Waals surface area (Å²) in [5.41, 5.74) is 0.335. The van der Waals surface area contributed by atoms with Crippen LogP contribution in [0.2, 0.25) is 0 Å². The molecule has 1 rings (SSSR count). The molecule has 0 aliphatic carbocycles. The molecular formula is C15H20BrN3O4S. The Bertz CT molecular complexity index is 586. The van der Waals surface area contributed by atoms with Crippen LogP contribution >= 0.6 is 27.7 Å². The highest BCUT2D eigenvalue weighted by atomic mass is 79.9. The zero-order valence-electron chi connectivity index (χ0n) is 13.5. The van der Waals surface area contributed by atoms with Crippen LogP contribution in [-0.2, 0) is 14.3 Å². The van der Waals surface area contributed by atoms with Crippen LogP contribution in [0.1, 0.15) is 23.7 Å². The first-order chi connectivity index (χ1) is 11.5. The number of nitrogens with zero attached hydrogens (tertiary/aromatic N) is 1. The van der Waals surface area contributed by atoms with Gasteiger partial charge in [-0.2, -0.15) is 11.8 Å². The molecule has 0 radical (unpaired) electrons. The van der Waals surface area contributed by atoms with Gasteiger partial charge in [-0.3, -0.25) is 14.6 Å². The predicted molar refractivity (Wildman–Crippen MR) is 95.8 cm³/mol. The molecule has 1 heterocycles. The number of carbonyl (C=O) groups is 3. The number of hydrogen-bond acceptors (Lipinski definition) is 6. The van der Waals surface area contributed by atoms with Gasteiger partial charge in [0.1, 0.15) is 6.04 Å². The Morgan fingerprint density at radius 3 is 2.75 bits per heavy atom. The molecule has 1 aromatic rings. The van der Waals surface area contributed by atoms with E-state index in [0.717, 1.165) is 0 Å². The summed E-state index contributed by atoms with van der Waals surface area (Å²) in [4.78, 5) is 39.6. The molecule has 0 unspecified atom stereocenters. The maximum atomic E-state index is 12.0. The van der Waals surface area contributed by atoms with Crippen LogP contribution in [0.5, 0.6) is 0 Å². The summed E-state index contributed by atoms with van der Waals surface area (Å²) in [5.74, 6) is -0.636. The van der Waals surface area contributed by atoms with Crippen LogP contribution in [0.4, 0.5) is 0 Å². The Balaban J connectivity index is 2.52. The summed E-state index contributed by atoms with van der Waals surface area (Å²) in [6, 6.07) is 0.884. The van der Waals surface area contributed by atoms with E-state index < -0.39 is 23.8 Å². The molecule has 0 saturated heterocycles. The number of amides is 2. The fourth-order valence-electron chi connectivity index (χ4n) is 1.77. The molecule has 0 bridgehead atoms. The second-order valence-corrected chi connectivity index (χ2v) is 6.63. The molecule has 132 valence electrons. The maximum Gasteiger partial charge on any atom is 0.328 e. The Kier molecular flexibility index (Phi) is 9.39. The Morgan fingerprint density at radius 2 is 2.12 bits per heavy atom. The first-order valence-corrected chi connectivity index (χ1v) is 9.50. The maximum absolute atomic E-state index is 12.0. The lowest BCUT2D eigenvalue weighted by atomic mass is 10.2. The molecule has 7 nitrogen and oxygen atoms in total. The minimum Gasteiger partial charge on any atom is -0.464 e. The van der Waals surface area contributed by atoms with Crippen molar-refractivity contribution in [3.63, 3.8) is 0 Å². The van der Waals surface area contributed by atoms with Crippen molar-refractivity contribution in [3.8, 4) is 0 Å². The van der Waals surface area contributed by atoms with E-state index in [4.69, 9.17) is 4.74 Å². The summed E-state index contributed by atoms with van der Waals surface area (Å²) in [5, 5.41) is 5.08. The van der Waals surface area contributed by atoms with Gasteiger partial charge < -0.3 is 15.4 Å². The van der Waals surface area contributed by atoms with Gasteiger partial charge >= 0.3 is 5.97 Å². The van der Waals surface area contributed by atoms with Crippen LogP contribution in [0.15, 0.2) is 22.9 Å². The van der Waals surface area contributed by atoms with E-state index in [2.05, 4.69) is 31.5 Å². The monoisotopic (exact) mass is 417 g/mol. The molecule has 24 heavy (non-hydrogen) atoms. The van der Waals surface area contributed by atoms with E-state index in [1.807, 2.05) is 6.26 Å². The first kappa shape index (κ1) is 20.4. The van der Waals surface area contributed by atoms with Gasteiger partial charge in [0.25, 0.3) is 5.91 Å². The van der Waals surface area contributed by atoms with Crippen molar-refractivity contribution in [2.45, 2.75) is 19.4 Å². The van der Waals surface area contributed by atoms with Gasteiger partial charge in [-0.1, -0.05) is 0 Å². The van der Waals surface area contributed by atoms with E-state index in [1.165, 1.54) is 6.20 Å². The number of thioether (sulfide) groups is 1. The number of carbonyl (C=O) groups excluding carboxylic acids is 3. The SMILES string of the molecule is CCOC(=O)[C@H](CCSC)NC(=O)CNC(=O)c1cncc(Br)c1. The quantitative estimate of drug-likeness (QED) is 0.588. The van der Waals surface area contributed by atoms with Crippen LogP contribution in [-0.4, -0.2) is 54.0 Å². The first-order valence-electron chi connectivity index (χ1n) is 7.31. The summed E-state index contributed by atoms with van der Waals surface area (Å²) < 4.78 is 5.61. The van der Waals surface area contributed by atoms with Gasteiger partial charge in [-0.25, -0.2) is 4.79 Å². The molecule has 0 aromatic carbocycles. The van der Waals surface area contributed by atoms with Gasteiger partial charge in [0.2, 0.25) is 5.91 Å². The van der Waals surface area contributed by atoms with Crippen LogP contribution < -0.4 is 10.6 Å². The van der Waals surface area contributed by atoms with Gasteiger partial charge in [-0.15, -0.1) is 0 Å². The van der Waals surface area contributed by atoms with Crippen LogP contribution in [0.3, 0.4) is 0 Å². The normalized spacial score (nSPS) is 11.5. The number of rotatable bonds is 9. The van der Waals surface area contributed by atoms with Crippen molar-refractivity contribution in [3.05, 3.63) is 28.5 Å². The van der Waals surface area contributed by atoms with E-state index in [0.29, 0.717) is 22.2 Å². The molecule has 0 spiro atoms. The van der Waals surface area contributed by atoms with E-state index in [-0.39, 0.29) is 13.2 Å². The summed E-state index contributed by atoms with van der Waals surface area (Å²) in [7, 11) is 0. The minimum atomic E-state index is -0.714. The Morgan fingerprint density at radius 1 is 1.38 bits per heavy atom. The summed E-state index contributed by atoms with van der Waals surface area (Å²) in [6.45, 7) is 1.72. The standard InChI is InChI=1S/C15H20BrN3O4S/c1-3-23-15(22)12(4-5-24-2)19-13(20)9-18-14(21)10-6-11(16)8-17-7-10/h6-8,12H,3-5,9H2,1-2H3,(H,18,21)(H,19,20)/t12-/m0/s1. The number of esters is 1. The molecule has 0 fully saturated rings. The average Bonchev–Trinajstić information content (AvgIpc) is 2.56. The Labute approximate surface area is 153 Å². The zero-order valence-corrected chi connectivity index (χ0v) is 15.9. The summed E-state index contributed by atoms with van der Waals surface area (Å²) in [6.07, 6.45) is 5.34. The van der Waals surface area contributed by atoms with Crippen LogP contribution in [0.25, 0.3) is 0 Å². The Hall–Kier alpha value is -1.61. The van der Waals surface area contributed by atoms with Crippen molar-refractivity contribution < 1.29 is 19.1 Å². The van der Waals surface area contributed by atoms with Gasteiger partial charge in [0.05, 0.1) is 18.7 Å². The molecule has 0 aliphatic heterocycles. The number of aromatic nitrogens is 1. The largest absolute Gasteiger partial charge is 0.464 e. The molecule has 9 heteroatoms. The number of ether oxygens (including phenoxy) is 1. The smallest absolute Gasteiger partial charge is 0.328 e. The van der Waals surface area contributed by atoms with E-state index >= 15 is 0 Å². The lowest BCUT2D eigenvalue weighted by Crippen LogP contribution is -2.46. The molecular weight excluding hydrogens is 398 g/mol. The molecule has 0 aliphatic rings. The molecule has 1 aromatic heterocycles. The second-order valence-electron chi connectivity index (χ2n) is 4.73. The van der Waals surface area contributed by atoms with Crippen molar-refractivity contribution in [2.75, 3.05) is 25.2 Å². The third-order valence-electron chi connectivity index (χ3n) is 2.89.